The summed E-state index contributed by atoms with van der Waals surface area (Å²) in [4.78, 5) is 24.3. The Morgan fingerprint density at radius 3 is 2.75 bits per heavy atom. The highest BCUT2D eigenvalue weighted by molar-refractivity contribution is 6.01. The molecular weight excluding hydrogens is 260 g/mol. The van der Waals surface area contributed by atoms with Gasteiger partial charge in [0, 0.05) is 19.7 Å². The fraction of sp³-hybridized carbons (Fsp3) is 0.462. The molecule has 1 aromatic carbocycles. The van der Waals surface area contributed by atoms with Crippen molar-refractivity contribution in [1.82, 2.24) is 4.90 Å². The van der Waals surface area contributed by atoms with Gasteiger partial charge >= 0.3 is 0 Å². The monoisotopic (exact) mass is 278 g/mol. The van der Waals surface area contributed by atoms with E-state index in [1.54, 1.807) is 11.9 Å². The summed E-state index contributed by atoms with van der Waals surface area (Å²) in [5.41, 5.74) is 2.34. The Morgan fingerprint density at radius 1 is 1.60 bits per heavy atom. The van der Waals surface area contributed by atoms with Crippen LogP contribution in [0.15, 0.2) is 18.2 Å². The lowest BCUT2D eigenvalue weighted by atomic mass is 10.1. The minimum absolute atomic E-state index is 0.0539. The number of hydrazine groups is 1. The largest absolute Gasteiger partial charge is 0.341 e. The smallest absolute Gasteiger partial charge is 0.294 e. The van der Waals surface area contributed by atoms with Crippen molar-refractivity contribution >= 4 is 17.3 Å². The third-order valence-electron chi connectivity index (χ3n) is 3.75. The van der Waals surface area contributed by atoms with E-state index in [4.69, 9.17) is 5.84 Å². The average Bonchev–Trinajstić information content (AvgIpc) is 3.11. The normalized spacial score (nSPS) is 20.4. The molecule has 0 bridgehead atoms. The second kappa shape index (κ2) is 5.46. The predicted octanol–water partition coefficient (Wildman–Crippen LogP) is 1.61. The molecule has 2 rings (SSSR count). The van der Waals surface area contributed by atoms with E-state index >= 15 is 0 Å². The molecule has 1 aliphatic carbocycles. The number of benzene rings is 1. The Labute approximate surface area is 116 Å². The lowest BCUT2D eigenvalue weighted by Gasteiger charge is -2.18. The van der Waals surface area contributed by atoms with Gasteiger partial charge in [-0.1, -0.05) is 13.0 Å². The number of carbonyl (C=O) groups is 1. The highest BCUT2D eigenvalue weighted by Crippen LogP contribution is 2.38. The molecule has 1 aromatic rings. The molecule has 20 heavy (non-hydrogen) atoms. The molecule has 0 spiro atoms. The van der Waals surface area contributed by atoms with Gasteiger partial charge in [0.25, 0.3) is 11.6 Å². The molecule has 1 amide bonds. The second-order valence-corrected chi connectivity index (χ2v) is 5.26. The van der Waals surface area contributed by atoms with Gasteiger partial charge in [-0.2, -0.15) is 0 Å². The Morgan fingerprint density at radius 2 is 2.25 bits per heavy atom. The SMILES string of the molecule is CC1CC1CN(C)C(=O)c1cccc([N+](=O)[O-])c1NN. The number of nitrogen functional groups attached to an aromatic ring is 1. The summed E-state index contributed by atoms with van der Waals surface area (Å²) in [5, 5.41) is 10.9. The van der Waals surface area contributed by atoms with E-state index in [1.165, 1.54) is 18.2 Å². The maximum atomic E-state index is 12.4. The zero-order valence-electron chi connectivity index (χ0n) is 11.5. The van der Waals surface area contributed by atoms with E-state index < -0.39 is 4.92 Å². The van der Waals surface area contributed by atoms with Crippen LogP contribution in [0.3, 0.4) is 0 Å². The van der Waals surface area contributed by atoms with Gasteiger partial charge in [0.1, 0.15) is 5.69 Å². The standard InChI is InChI=1S/C13H18N4O3/c1-8-6-9(8)7-16(2)13(18)10-4-3-5-11(17(19)20)12(10)15-14/h3-5,8-9,15H,6-7,14H2,1-2H3. The first kappa shape index (κ1) is 14.3. The van der Waals surface area contributed by atoms with Crippen LogP contribution in [0.1, 0.15) is 23.7 Å². The Kier molecular flexibility index (Phi) is 3.89. The summed E-state index contributed by atoms with van der Waals surface area (Å²) in [6, 6.07) is 4.34. The fourth-order valence-electron chi connectivity index (χ4n) is 2.32. The number of amides is 1. The summed E-state index contributed by atoms with van der Waals surface area (Å²) in [7, 11) is 1.70. The van der Waals surface area contributed by atoms with E-state index in [9.17, 15) is 14.9 Å². The van der Waals surface area contributed by atoms with Crippen LogP contribution in [0.5, 0.6) is 0 Å². The molecule has 3 N–H and O–H groups in total. The van der Waals surface area contributed by atoms with Crippen LogP contribution in [-0.2, 0) is 0 Å². The van der Waals surface area contributed by atoms with Gasteiger partial charge in [0.05, 0.1) is 10.5 Å². The third-order valence-corrected chi connectivity index (χ3v) is 3.75. The van der Waals surface area contributed by atoms with E-state index in [2.05, 4.69) is 12.3 Å². The number of nitrogens with two attached hydrogens (primary N) is 1. The van der Waals surface area contributed by atoms with E-state index in [1.807, 2.05) is 0 Å². The van der Waals surface area contributed by atoms with Crippen molar-refractivity contribution < 1.29 is 9.72 Å². The molecule has 0 heterocycles. The van der Waals surface area contributed by atoms with Crippen LogP contribution in [0.25, 0.3) is 0 Å². The number of hydrogen-bond acceptors (Lipinski definition) is 5. The molecule has 2 unspecified atom stereocenters. The number of nitrogens with zero attached hydrogens (tertiary/aromatic N) is 2. The van der Waals surface area contributed by atoms with Crippen molar-refractivity contribution in [2.75, 3.05) is 19.0 Å². The van der Waals surface area contributed by atoms with Gasteiger partial charge in [-0.3, -0.25) is 20.8 Å². The first-order valence-corrected chi connectivity index (χ1v) is 6.45. The highest BCUT2D eigenvalue weighted by Gasteiger charge is 2.35. The lowest BCUT2D eigenvalue weighted by molar-refractivity contribution is -0.384. The van der Waals surface area contributed by atoms with Crippen molar-refractivity contribution in [3.05, 3.63) is 33.9 Å². The third kappa shape index (κ3) is 2.72. The van der Waals surface area contributed by atoms with Crippen LogP contribution >= 0.6 is 0 Å². The van der Waals surface area contributed by atoms with Crippen molar-refractivity contribution in [1.29, 1.82) is 0 Å². The van der Waals surface area contributed by atoms with Gasteiger partial charge in [0.15, 0.2) is 0 Å². The molecule has 0 saturated heterocycles. The van der Waals surface area contributed by atoms with Gasteiger partial charge < -0.3 is 10.3 Å². The predicted molar refractivity (Wildman–Crippen MR) is 75.1 cm³/mol. The second-order valence-electron chi connectivity index (χ2n) is 5.26. The Balaban J connectivity index is 2.24. The maximum absolute atomic E-state index is 12.4. The van der Waals surface area contributed by atoms with E-state index in [0.29, 0.717) is 18.4 Å². The van der Waals surface area contributed by atoms with Crippen molar-refractivity contribution in [3.8, 4) is 0 Å². The molecule has 0 aliphatic heterocycles. The van der Waals surface area contributed by atoms with Crippen LogP contribution in [-0.4, -0.2) is 29.3 Å². The average molecular weight is 278 g/mol. The van der Waals surface area contributed by atoms with Crippen molar-refractivity contribution in [2.45, 2.75) is 13.3 Å². The number of rotatable bonds is 5. The lowest BCUT2D eigenvalue weighted by Crippen LogP contribution is -2.30. The van der Waals surface area contributed by atoms with Gasteiger partial charge in [-0.15, -0.1) is 0 Å². The number of para-hydroxylation sites is 1. The van der Waals surface area contributed by atoms with E-state index in [-0.39, 0.29) is 22.8 Å². The molecule has 2 atom stereocenters. The van der Waals surface area contributed by atoms with Gasteiger partial charge in [-0.25, -0.2) is 0 Å². The minimum atomic E-state index is -0.561. The van der Waals surface area contributed by atoms with Crippen LogP contribution < -0.4 is 11.3 Å². The zero-order chi connectivity index (χ0) is 14.9. The molecule has 7 heteroatoms. The molecule has 1 fully saturated rings. The highest BCUT2D eigenvalue weighted by atomic mass is 16.6. The molecule has 1 saturated carbocycles. The Hall–Kier alpha value is -2.15. The topological polar surface area (TPSA) is 102 Å². The van der Waals surface area contributed by atoms with Gasteiger partial charge in [0.2, 0.25) is 0 Å². The summed E-state index contributed by atoms with van der Waals surface area (Å²) in [6.07, 6.45) is 1.12. The maximum Gasteiger partial charge on any atom is 0.294 e. The van der Waals surface area contributed by atoms with Crippen molar-refractivity contribution in [2.24, 2.45) is 17.7 Å². The van der Waals surface area contributed by atoms with Gasteiger partial charge in [-0.05, 0) is 24.3 Å². The molecular formula is C13H18N4O3. The summed E-state index contributed by atoms with van der Waals surface area (Å²) >= 11 is 0. The number of nitro benzene ring substituents is 1. The number of carbonyl (C=O) groups excluding carboxylic acids is 1. The fourth-order valence-corrected chi connectivity index (χ4v) is 2.32. The number of hydrogen-bond donors (Lipinski definition) is 2. The zero-order valence-corrected chi connectivity index (χ0v) is 11.5. The van der Waals surface area contributed by atoms with E-state index in [0.717, 1.165) is 6.42 Å². The summed E-state index contributed by atoms with van der Waals surface area (Å²) in [6.45, 7) is 2.80. The first-order valence-electron chi connectivity index (χ1n) is 6.45. The molecule has 1 aliphatic rings. The molecule has 0 aromatic heterocycles. The van der Waals surface area contributed by atoms with Crippen LogP contribution in [0.2, 0.25) is 0 Å². The number of nitro groups is 1. The first-order chi connectivity index (χ1) is 9.45. The van der Waals surface area contributed by atoms with Crippen molar-refractivity contribution in [3.63, 3.8) is 0 Å². The van der Waals surface area contributed by atoms with Crippen LogP contribution in [0, 0.1) is 22.0 Å². The molecule has 7 nitrogen and oxygen atoms in total. The molecule has 0 radical (unpaired) electrons. The number of nitrogens with one attached hydrogen (secondary N) is 1. The summed E-state index contributed by atoms with van der Waals surface area (Å²) < 4.78 is 0. The number of anilines is 1. The molecule has 108 valence electrons. The Bertz CT molecular complexity index is 546. The van der Waals surface area contributed by atoms with Crippen LogP contribution in [0.4, 0.5) is 11.4 Å². The minimum Gasteiger partial charge on any atom is -0.341 e. The quantitative estimate of drug-likeness (QED) is 0.484. The summed E-state index contributed by atoms with van der Waals surface area (Å²) in [5.74, 6) is 6.24.